The van der Waals surface area contributed by atoms with E-state index in [9.17, 15) is 8.42 Å². The number of nitrogens with zero attached hydrogens (tertiary/aromatic N) is 5. The Morgan fingerprint density at radius 2 is 1.89 bits per heavy atom. The molecular formula is C18H20BrN5O3S. The van der Waals surface area contributed by atoms with E-state index in [4.69, 9.17) is 4.52 Å². The molecule has 0 bridgehead atoms. The molecule has 0 spiro atoms. The maximum Gasteiger partial charge on any atom is 0.259 e. The van der Waals surface area contributed by atoms with Crippen molar-refractivity contribution in [2.24, 2.45) is 0 Å². The molecule has 0 N–H and O–H groups in total. The van der Waals surface area contributed by atoms with Gasteiger partial charge in [0.2, 0.25) is 10.0 Å². The second kappa shape index (κ2) is 7.41. The second-order valence-corrected chi connectivity index (χ2v) is 9.49. The fourth-order valence-corrected chi connectivity index (χ4v) is 5.81. The molecule has 0 amide bonds. The minimum absolute atomic E-state index is 0.232. The average molecular weight is 466 g/mol. The van der Waals surface area contributed by atoms with Gasteiger partial charge >= 0.3 is 0 Å². The maximum absolute atomic E-state index is 13.0. The normalized spacial score (nSPS) is 15.4. The van der Waals surface area contributed by atoms with Gasteiger partial charge in [-0.25, -0.2) is 8.42 Å². The third-order valence-corrected chi connectivity index (χ3v) is 7.68. The van der Waals surface area contributed by atoms with Crippen LogP contribution >= 0.6 is 15.9 Å². The molecule has 1 aliphatic heterocycles. The Labute approximate surface area is 171 Å². The number of sulfonamides is 1. The van der Waals surface area contributed by atoms with Crippen LogP contribution in [0, 0.1) is 13.8 Å². The molecule has 3 heterocycles. The number of hydrogen-bond acceptors (Lipinski definition) is 6. The van der Waals surface area contributed by atoms with E-state index in [1.54, 1.807) is 18.5 Å². The van der Waals surface area contributed by atoms with Gasteiger partial charge in [0.15, 0.2) is 5.82 Å². The van der Waals surface area contributed by atoms with Crippen molar-refractivity contribution in [2.45, 2.75) is 38.1 Å². The maximum atomic E-state index is 13.0. The van der Waals surface area contributed by atoms with E-state index in [2.05, 4.69) is 31.2 Å². The predicted octanol–water partition coefficient (Wildman–Crippen LogP) is 3.15. The summed E-state index contributed by atoms with van der Waals surface area (Å²) in [7, 11) is -3.54. The third kappa shape index (κ3) is 3.40. The highest BCUT2D eigenvalue weighted by molar-refractivity contribution is 9.10. The number of hydrogen-bond donors (Lipinski definition) is 0. The van der Waals surface area contributed by atoms with Gasteiger partial charge in [0.05, 0.1) is 17.0 Å². The largest absolute Gasteiger partial charge is 0.334 e. The fraction of sp³-hybridized carbons (Fsp3) is 0.389. The molecule has 0 aliphatic carbocycles. The van der Waals surface area contributed by atoms with Crippen molar-refractivity contribution in [3.05, 3.63) is 46.0 Å². The number of halogens is 1. The lowest BCUT2D eigenvalue weighted by Crippen LogP contribution is -2.28. The third-order valence-electron chi connectivity index (χ3n) is 4.84. The van der Waals surface area contributed by atoms with Crippen LogP contribution < -0.4 is 0 Å². The lowest BCUT2D eigenvalue weighted by Gasteiger charge is -2.15. The Hall–Kier alpha value is -2.04. The van der Waals surface area contributed by atoms with Crippen LogP contribution in [0.1, 0.15) is 30.1 Å². The monoisotopic (exact) mass is 465 g/mol. The molecule has 1 aliphatic rings. The Bertz CT molecular complexity index is 1120. The highest BCUT2D eigenvalue weighted by atomic mass is 79.9. The van der Waals surface area contributed by atoms with Gasteiger partial charge in [-0.05, 0) is 54.8 Å². The summed E-state index contributed by atoms with van der Waals surface area (Å²) in [5, 5.41) is 8.44. The zero-order valence-corrected chi connectivity index (χ0v) is 18.0. The van der Waals surface area contributed by atoms with E-state index >= 15 is 0 Å². The summed E-state index contributed by atoms with van der Waals surface area (Å²) in [5.74, 6) is 0.829. The summed E-state index contributed by atoms with van der Waals surface area (Å²) in [6.45, 7) is 4.84. The van der Waals surface area contributed by atoms with Crippen molar-refractivity contribution >= 4 is 26.0 Å². The molecule has 4 rings (SSSR count). The van der Waals surface area contributed by atoms with E-state index in [1.165, 1.54) is 4.31 Å². The van der Waals surface area contributed by atoms with Gasteiger partial charge in [0, 0.05) is 17.6 Å². The molecule has 28 heavy (non-hydrogen) atoms. The number of rotatable bonds is 5. The summed E-state index contributed by atoms with van der Waals surface area (Å²) in [6, 6.07) is 7.57. The van der Waals surface area contributed by atoms with Crippen molar-refractivity contribution in [1.82, 2.24) is 24.2 Å². The van der Waals surface area contributed by atoms with Crippen molar-refractivity contribution in [3.63, 3.8) is 0 Å². The Morgan fingerprint density at radius 3 is 2.61 bits per heavy atom. The molecule has 0 radical (unpaired) electrons. The summed E-state index contributed by atoms with van der Waals surface area (Å²) in [6.07, 6.45) is 1.79. The van der Waals surface area contributed by atoms with Crippen LogP contribution in [0.25, 0.3) is 11.5 Å². The highest BCUT2D eigenvalue weighted by Crippen LogP contribution is 2.28. The quantitative estimate of drug-likeness (QED) is 0.574. The van der Waals surface area contributed by atoms with E-state index in [-0.39, 0.29) is 11.4 Å². The molecule has 0 atom stereocenters. The van der Waals surface area contributed by atoms with Gasteiger partial charge in [-0.3, -0.25) is 4.68 Å². The van der Waals surface area contributed by atoms with Crippen molar-refractivity contribution in [2.75, 3.05) is 13.1 Å². The smallest absolute Gasteiger partial charge is 0.259 e. The van der Waals surface area contributed by atoms with Crippen LogP contribution in [-0.2, 0) is 16.6 Å². The first-order valence-electron chi connectivity index (χ1n) is 8.99. The van der Waals surface area contributed by atoms with Crippen LogP contribution in [0.15, 0.2) is 38.2 Å². The SMILES string of the molecule is Cc1nn(Cc2noc(-c3ccccc3Br)n2)c(C)c1S(=O)(=O)N1CCCC1. The zero-order valence-electron chi connectivity index (χ0n) is 15.6. The number of aromatic nitrogens is 4. The fourth-order valence-electron chi connectivity index (χ4n) is 3.46. The minimum atomic E-state index is -3.54. The summed E-state index contributed by atoms with van der Waals surface area (Å²) >= 11 is 3.47. The van der Waals surface area contributed by atoms with Crippen LogP contribution in [0.4, 0.5) is 0 Å². The molecular weight excluding hydrogens is 446 g/mol. The first kappa shape index (κ1) is 19.3. The minimum Gasteiger partial charge on any atom is -0.334 e. The summed E-state index contributed by atoms with van der Waals surface area (Å²) in [5.41, 5.74) is 1.86. The van der Waals surface area contributed by atoms with Gasteiger partial charge in [-0.1, -0.05) is 17.3 Å². The van der Waals surface area contributed by atoms with Crippen LogP contribution in [-0.4, -0.2) is 45.7 Å². The average Bonchev–Trinajstić information content (AvgIpc) is 3.38. The van der Waals surface area contributed by atoms with Crippen LogP contribution in [0.3, 0.4) is 0 Å². The topological polar surface area (TPSA) is 94.1 Å². The molecule has 10 heteroatoms. The van der Waals surface area contributed by atoms with Gasteiger partial charge in [-0.2, -0.15) is 14.4 Å². The first-order chi connectivity index (χ1) is 13.4. The lowest BCUT2D eigenvalue weighted by atomic mass is 10.2. The molecule has 2 aromatic heterocycles. The molecule has 0 saturated carbocycles. The first-order valence-corrected chi connectivity index (χ1v) is 11.2. The van der Waals surface area contributed by atoms with Crippen LogP contribution in [0.2, 0.25) is 0 Å². The summed E-state index contributed by atoms with van der Waals surface area (Å²) < 4.78 is 35.4. The molecule has 1 saturated heterocycles. The van der Waals surface area contributed by atoms with E-state index < -0.39 is 10.0 Å². The van der Waals surface area contributed by atoms with Crippen molar-refractivity contribution in [3.8, 4) is 11.5 Å². The number of aryl methyl sites for hydroxylation is 1. The van der Waals surface area contributed by atoms with Gasteiger partial charge in [0.25, 0.3) is 5.89 Å². The molecule has 148 valence electrons. The van der Waals surface area contributed by atoms with Crippen LogP contribution in [0.5, 0.6) is 0 Å². The van der Waals surface area contributed by atoms with Gasteiger partial charge < -0.3 is 4.52 Å². The molecule has 1 fully saturated rings. The van der Waals surface area contributed by atoms with E-state index in [0.717, 1.165) is 22.9 Å². The predicted molar refractivity (Wildman–Crippen MR) is 106 cm³/mol. The molecule has 3 aromatic rings. The Balaban J connectivity index is 1.63. The van der Waals surface area contributed by atoms with Crippen molar-refractivity contribution < 1.29 is 12.9 Å². The van der Waals surface area contributed by atoms with Crippen molar-refractivity contribution in [1.29, 1.82) is 0 Å². The zero-order chi connectivity index (χ0) is 19.9. The van der Waals surface area contributed by atoms with Gasteiger partial charge in [-0.15, -0.1) is 0 Å². The Kier molecular flexibility index (Phi) is 5.11. The number of benzene rings is 1. The second-order valence-electron chi connectivity index (χ2n) is 6.76. The molecule has 1 aromatic carbocycles. The standard InChI is InChI=1S/C18H20BrN5O3S/c1-12-17(28(25,26)23-9-5-6-10-23)13(2)24(21-12)11-16-20-18(27-22-16)14-7-3-4-8-15(14)19/h3-4,7-8H,5-6,9-11H2,1-2H3. The molecule has 8 nitrogen and oxygen atoms in total. The molecule has 0 unspecified atom stereocenters. The summed E-state index contributed by atoms with van der Waals surface area (Å²) in [4.78, 5) is 4.71. The highest BCUT2D eigenvalue weighted by Gasteiger charge is 2.32. The lowest BCUT2D eigenvalue weighted by molar-refractivity contribution is 0.418. The van der Waals surface area contributed by atoms with E-state index in [0.29, 0.717) is 36.2 Å². The Morgan fingerprint density at radius 1 is 1.18 bits per heavy atom. The van der Waals surface area contributed by atoms with E-state index in [1.807, 2.05) is 24.3 Å². The van der Waals surface area contributed by atoms with Gasteiger partial charge in [0.1, 0.15) is 11.4 Å².